The first-order valence-corrected chi connectivity index (χ1v) is 16.8. The van der Waals surface area contributed by atoms with Crippen LogP contribution in [-0.4, -0.2) is 29.9 Å². The van der Waals surface area contributed by atoms with E-state index in [-0.39, 0.29) is 11.5 Å². The van der Waals surface area contributed by atoms with Crippen molar-refractivity contribution in [2.24, 2.45) is 27.7 Å². The molecule has 2 unspecified atom stereocenters. The van der Waals surface area contributed by atoms with Crippen molar-refractivity contribution in [1.29, 1.82) is 0 Å². The molecule has 0 bridgehead atoms. The number of nitrogens with zero attached hydrogens (tertiary/aromatic N) is 1. The number of benzene rings is 2. The summed E-state index contributed by atoms with van der Waals surface area (Å²) < 4.78 is 49.0. The molecule has 3 saturated carbocycles. The lowest BCUT2D eigenvalue weighted by Gasteiger charge is -2.37. The van der Waals surface area contributed by atoms with Gasteiger partial charge in [0.2, 0.25) is 0 Å². The second-order valence-corrected chi connectivity index (χ2v) is 14.5. The molecule has 0 radical (unpaired) electrons. The zero-order chi connectivity index (χ0) is 31.1. The summed E-state index contributed by atoms with van der Waals surface area (Å²) in [7, 11) is 0. The maximum atomic E-state index is 15.0. The molecular formula is C37H46F3NO3. The van der Waals surface area contributed by atoms with Crippen molar-refractivity contribution in [3.63, 3.8) is 0 Å². The Kier molecular flexibility index (Phi) is 8.87. The lowest BCUT2D eigenvalue weighted by atomic mass is 9.69. The predicted octanol–water partition coefficient (Wildman–Crippen LogP) is 9.67. The molecule has 3 aliphatic carbocycles. The van der Waals surface area contributed by atoms with Crippen molar-refractivity contribution < 1.29 is 27.8 Å². The SMILES string of the molecule is CCOc1cc(CCC2CCC3(CCN=C(CC4CCC(C)(C(=O)O)CC4)C3)C2)cc(C2CC2)c1-c1ccc(F)c(F)c1F. The quantitative estimate of drug-likeness (QED) is 0.273. The molecule has 2 aromatic rings. The molecule has 2 aromatic carbocycles. The third-order valence-electron chi connectivity index (χ3n) is 11.3. The van der Waals surface area contributed by atoms with Crippen LogP contribution in [0.1, 0.15) is 114 Å². The van der Waals surface area contributed by atoms with Gasteiger partial charge >= 0.3 is 5.97 Å². The minimum Gasteiger partial charge on any atom is -0.493 e. The van der Waals surface area contributed by atoms with Gasteiger partial charge in [-0.2, -0.15) is 0 Å². The zero-order valence-electron chi connectivity index (χ0n) is 26.2. The van der Waals surface area contributed by atoms with Crippen LogP contribution < -0.4 is 4.74 Å². The van der Waals surface area contributed by atoms with E-state index in [1.165, 1.54) is 36.6 Å². The van der Waals surface area contributed by atoms with Crippen LogP contribution >= 0.6 is 0 Å². The van der Waals surface area contributed by atoms with Crippen LogP contribution in [0.25, 0.3) is 11.1 Å². The van der Waals surface area contributed by atoms with Crippen molar-refractivity contribution in [2.45, 2.75) is 110 Å². The smallest absolute Gasteiger partial charge is 0.309 e. The fourth-order valence-electron chi connectivity index (χ4n) is 8.40. The normalized spacial score (nSPS) is 28.7. The first kappa shape index (κ1) is 31.2. The molecule has 0 saturated heterocycles. The van der Waals surface area contributed by atoms with Gasteiger partial charge in [0.15, 0.2) is 17.5 Å². The molecule has 7 heteroatoms. The summed E-state index contributed by atoms with van der Waals surface area (Å²) in [6.07, 6.45) is 14.4. The average molecular weight is 610 g/mol. The lowest BCUT2D eigenvalue weighted by Crippen LogP contribution is -2.34. The van der Waals surface area contributed by atoms with Crippen molar-refractivity contribution in [3.05, 3.63) is 52.8 Å². The molecule has 1 spiro atoms. The standard InChI is InChI=1S/C37H46F3NO3/c1-3-44-31-20-25(19-29(26-6-7-26)32(31)28-8-9-30(38)34(40)33(28)39)5-4-24-12-15-37(21-24)16-17-41-27(22-37)18-23-10-13-36(2,14-11-23)35(42)43/h8-9,19-20,23-24,26H,3-7,10-18,21-22H2,1-2H3,(H,42,43). The van der Waals surface area contributed by atoms with E-state index in [0.717, 1.165) is 88.8 Å². The van der Waals surface area contributed by atoms with Gasteiger partial charge in [-0.05, 0) is 156 Å². The molecular weight excluding hydrogens is 563 g/mol. The van der Waals surface area contributed by atoms with Crippen molar-refractivity contribution >= 4 is 11.7 Å². The van der Waals surface area contributed by atoms with Gasteiger partial charge in [0.05, 0.1) is 12.0 Å². The first-order valence-electron chi connectivity index (χ1n) is 16.8. The molecule has 3 fully saturated rings. The van der Waals surface area contributed by atoms with Gasteiger partial charge in [0.25, 0.3) is 0 Å². The zero-order valence-corrected chi connectivity index (χ0v) is 26.2. The molecule has 4 nitrogen and oxygen atoms in total. The van der Waals surface area contributed by atoms with Gasteiger partial charge in [-0.15, -0.1) is 0 Å². The largest absolute Gasteiger partial charge is 0.493 e. The predicted molar refractivity (Wildman–Crippen MR) is 167 cm³/mol. The number of ether oxygens (including phenoxy) is 1. The number of aliphatic carboxylic acids is 1. The van der Waals surface area contributed by atoms with E-state index in [1.54, 1.807) is 0 Å². The highest BCUT2D eigenvalue weighted by atomic mass is 19.2. The Bertz CT molecular complexity index is 1430. The first-order chi connectivity index (χ1) is 21.1. The third-order valence-corrected chi connectivity index (χ3v) is 11.3. The number of carboxylic acids is 1. The van der Waals surface area contributed by atoms with Gasteiger partial charge in [-0.1, -0.05) is 6.07 Å². The van der Waals surface area contributed by atoms with E-state index >= 15 is 0 Å². The minimum atomic E-state index is -1.44. The lowest BCUT2D eigenvalue weighted by molar-refractivity contribution is -0.150. The number of aliphatic imine (C=N–C) groups is 1. The molecule has 2 atom stereocenters. The number of carboxylic acid groups (broad SMARTS) is 1. The maximum absolute atomic E-state index is 15.0. The summed E-state index contributed by atoms with van der Waals surface area (Å²) in [5, 5.41) is 9.58. The van der Waals surface area contributed by atoms with Crippen LogP contribution in [0.5, 0.6) is 5.75 Å². The highest BCUT2D eigenvalue weighted by Crippen LogP contribution is 2.52. The van der Waals surface area contributed by atoms with Crippen molar-refractivity contribution in [2.75, 3.05) is 13.2 Å². The second kappa shape index (κ2) is 12.5. The Balaban J connectivity index is 1.11. The Morgan fingerprint density at radius 2 is 1.75 bits per heavy atom. The number of hydrogen-bond donors (Lipinski definition) is 1. The van der Waals surface area contributed by atoms with Crippen LogP contribution in [0.3, 0.4) is 0 Å². The number of halogens is 3. The Morgan fingerprint density at radius 3 is 2.45 bits per heavy atom. The van der Waals surface area contributed by atoms with Crippen LogP contribution in [0.15, 0.2) is 29.3 Å². The van der Waals surface area contributed by atoms with Crippen LogP contribution in [0.4, 0.5) is 13.2 Å². The highest BCUT2D eigenvalue weighted by Gasteiger charge is 2.42. The topological polar surface area (TPSA) is 58.9 Å². The van der Waals surface area contributed by atoms with Gasteiger partial charge in [0, 0.05) is 23.4 Å². The molecule has 0 amide bonds. The van der Waals surface area contributed by atoms with Gasteiger partial charge in [-0.25, -0.2) is 13.2 Å². The summed E-state index contributed by atoms with van der Waals surface area (Å²) in [5.41, 5.74) is 3.92. The van der Waals surface area contributed by atoms with Gasteiger partial charge in [-0.3, -0.25) is 9.79 Å². The molecule has 238 valence electrons. The highest BCUT2D eigenvalue weighted by molar-refractivity contribution is 5.86. The summed E-state index contributed by atoms with van der Waals surface area (Å²) in [5.74, 6) is -2.41. The van der Waals surface area contributed by atoms with E-state index in [9.17, 15) is 23.1 Å². The van der Waals surface area contributed by atoms with E-state index in [1.807, 2.05) is 19.9 Å². The summed E-state index contributed by atoms with van der Waals surface area (Å²) in [6.45, 7) is 5.09. The number of rotatable bonds is 10. The molecule has 1 aliphatic heterocycles. The maximum Gasteiger partial charge on any atom is 0.309 e. The summed E-state index contributed by atoms with van der Waals surface area (Å²) in [4.78, 5) is 16.6. The molecule has 1 N–H and O–H groups in total. The van der Waals surface area contributed by atoms with E-state index in [4.69, 9.17) is 9.73 Å². The van der Waals surface area contributed by atoms with E-state index < -0.39 is 28.8 Å². The fourth-order valence-corrected chi connectivity index (χ4v) is 8.40. The molecule has 6 rings (SSSR count). The average Bonchev–Trinajstić information content (AvgIpc) is 3.78. The molecule has 1 heterocycles. The van der Waals surface area contributed by atoms with Crippen LogP contribution in [0.2, 0.25) is 0 Å². The summed E-state index contributed by atoms with van der Waals surface area (Å²) in [6, 6.07) is 6.47. The monoisotopic (exact) mass is 609 g/mol. The van der Waals surface area contributed by atoms with Crippen molar-refractivity contribution in [1.82, 2.24) is 0 Å². The van der Waals surface area contributed by atoms with Crippen LogP contribution in [0, 0.1) is 40.1 Å². The van der Waals surface area contributed by atoms with Gasteiger partial charge in [0.1, 0.15) is 5.75 Å². The number of aryl methyl sites for hydroxylation is 1. The van der Waals surface area contributed by atoms with E-state index in [0.29, 0.717) is 35.2 Å². The molecule has 0 aromatic heterocycles. The Labute approximate surface area is 259 Å². The summed E-state index contributed by atoms with van der Waals surface area (Å²) >= 11 is 0. The van der Waals surface area contributed by atoms with Crippen LogP contribution in [-0.2, 0) is 11.2 Å². The Hall–Kier alpha value is -2.83. The number of carbonyl (C=O) groups is 1. The van der Waals surface area contributed by atoms with Crippen molar-refractivity contribution in [3.8, 4) is 16.9 Å². The van der Waals surface area contributed by atoms with Gasteiger partial charge < -0.3 is 9.84 Å². The molecule has 4 aliphatic rings. The Morgan fingerprint density at radius 1 is 1.00 bits per heavy atom. The molecule has 44 heavy (non-hydrogen) atoms. The third kappa shape index (κ3) is 6.44. The van der Waals surface area contributed by atoms with E-state index in [2.05, 4.69) is 6.07 Å². The number of hydrogen-bond acceptors (Lipinski definition) is 3. The minimum absolute atomic E-state index is 0.0671. The second-order valence-electron chi connectivity index (χ2n) is 14.5. The fraction of sp³-hybridized carbons (Fsp3) is 0.622.